The Hall–Kier alpha value is -2.54. The van der Waals surface area contributed by atoms with Crippen LogP contribution in [-0.4, -0.2) is 65.1 Å². The van der Waals surface area contributed by atoms with E-state index in [1.165, 1.54) is 22.3 Å². The van der Waals surface area contributed by atoms with E-state index in [1.54, 1.807) is 6.20 Å². The van der Waals surface area contributed by atoms with Crippen molar-refractivity contribution in [3.63, 3.8) is 0 Å². The number of hydrogen-bond donors (Lipinski definition) is 0. The molecule has 1 aliphatic rings. The molecular formula is C25H33N5O. The van der Waals surface area contributed by atoms with Gasteiger partial charge in [0, 0.05) is 51.5 Å². The lowest BCUT2D eigenvalue weighted by Crippen LogP contribution is -2.44. The van der Waals surface area contributed by atoms with Crippen molar-refractivity contribution in [3.05, 3.63) is 70.6 Å². The van der Waals surface area contributed by atoms with Gasteiger partial charge in [-0.25, -0.2) is 0 Å². The van der Waals surface area contributed by atoms with Crippen molar-refractivity contribution in [1.82, 2.24) is 24.8 Å². The zero-order chi connectivity index (χ0) is 21.8. The van der Waals surface area contributed by atoms with Crippen molar-refractivity contribution in [2.45, 2.75) is 33.5 Å². The molecule has 0 bridgehead atoms. The summed E-state index contributed by atoms with van der Waals surface area (Å²) in [5.74, 6) is 0.853. The van der Waals surface area contributed by atoms with Crippen LogP contribution in [0.4, 0.5) is 0 Å². The molecule has 31 heavy (non-hydrogen) atoms. The Morgan fingerprint density at radius 3 is 2.48 bits per heavy atom. The number of nitrogens with zero attached hydrogens (tertiary/aromatic N) is 5. The fraction of sp³-hybridized carbons (Fsp3) is 0.440. The summed E-state index contributed by atoms with van der Waals surface area (Å²) in [7, 11) is 4.34. The molecule has 0 amide bonds. The van der Waals surface area contributed by atoms with Crippen LogP contribution in [0.25, 0.3) is 11.4 Å². The lowest BCUT2D eigenvalue weighted by Gasteiger charge is -2.33. The van der Waals surface area contributed by atoms with E-state index in [9.17, 15) is 0 Å². The van der Waals surface area contributed by atoms with Crippen LogP contribution in [0.1, 0.15) is 28.0 Å². The molecule has 0 spiro atoms. The highest BCUT2D eigenvalue weighted by molar-refractivity contribution is 5.53. The molecule has 6 nitrogen and oxygen atoms in total. The molecule has 6 heteroatoms. The van der Waals surface area contributed by atoms with Crippen LogP contribution in [0.15, 0.2) is 47.1 Å². The zero-order valence-corrected chi connectivity index (χ0v) is 19.1. The maximum atomic E-state index is 5.57. The number of likely N-dealkylation sites (N-methyl/N-ethyl adjacent to an activating group) is 1. The van der Waals surface area contributed by atoms with E-state index in [0.29, 0.717) is 6.54 Å². The van der Waals surface area contributed by atoms with Gasteiger partial charge in [-0.15, -0.1) is 0 Å². The number of pyridine rings is 1. The van der Waals surface area contributed by atoms with Crippen molar-refractivity contribution in [2.75, 3.05) is 40.3 Å². The third kappa shape index (κ3) is 5.58. The van der Waals surface area contributed by atoms with Gasteiger partial charge < -0.3 is 9.42 Å². The Morgan fingerprint density at radius 1 is 0.968 bits per heavy atom. The molecule has 0 atom stereocenters. The molecule has 3 aromatic rings. The van der Waals surface area contributed by atoms with Crippen molar-refractivity contribution in [1.29, 1.82) is 0 Å². The molecule has 0 saturated carbocycles. The SMILES string of the molecule is Cc1cc(CN(C)Cc2cc(-c3ccccn3)no2)c(C)c(CN2CCN(C)CC2)c1. The largest absolute Gasteiger partial charge is 0.359 e. The predicted molar refractivity (Wildman–Crippen MR) is 124 cm³/mol. The number of benzene rings is 1. The summed E-state index contributed by atoms with van der Waals surface area (Å²) in [4.78, 5) is 11.6. The van der Waals surface area contributed by atoms with E-state index in [0.717, 1.165) is 56.4 Å². The van der Waals surface area contributed by atoms with E-state index >= 15 is 0 Å². The van der Waals surface area contributed by atoms with Crippen LogP contribution in [-0.2, 0) is 19.6 Å². The third-order valence-corrected chi connectivity index (χ3v) is 6.11. The summed E-state index contributed by atoms with van der Waals surface area (Å²) in [6.07, 6.45) is 1.77. The van der Waals surface area contributed by atoms with Crippen molar-refractivity contribution >= 4 is 0 Å². The lowest BCUT2D eigenvalue weighted by molar-refractivity contribution is 0.148. The maximum absolute atomic E-state index is 5.57. The summed E-state index contributed by atoms with van der Waals surface area (Å²) < 4.78 is 5.57. The van der Waals surface area contributed by atoms with E-state index in [1.807, 2.05) is 24.3 Å². The molecule has 0 aliphatic carbocycles. The maximum Gasteiger partial charge on any atom is 0.151 e. The highest BCUT2D eigenvalue weighted by atomic mass is 16.5. The van der Waals surface area contributed by atoms with Crippen molar-refractivity contribution in [2.24, 2.45) is 0 Å². The van der Waals surface area contributed by atoms with Gasteiger partial charge in [-0.3, -0.25) is 14.8 Å². The molecule has 0 unspecified atom stereocenters. The van der Waals surface area contributed by atoms with Crippen molar-refractivity contribution in [3.8, 4) is 11.4 Å². The first-order valence-corrected chi connectivity index (χ1v) is 11.0. The van der Waals surface area contributed by atoms with Gasteiger partial charge in [0.15, 0.2) is 5.76 Å². The summed E-state index contributed by atoms with van der Waals surface area (Å²) in [5, 5.41) is 4.19. The first-order chi connectivity index (χ1) is 15.0. The minimum atomic E-state index is 0.709. The van der Waals surface area contributed by atoms with Crippen LogP contribution < -0.4 is 0 Å². The normalized spacial score (nSPS) is 15.6. The lowest BCUT2D eigenvalue weighted by atomic mass is 9.98. The molecule has 1 saturated heterocycles. The average molecular weight is 420 g/mol. The van der Waals surface area contributed by atoms with Gasteiger partial charge in [0.25, 0.3) is 0 Å². The van der Waals surface area contributed by atoms with E-state index in [-0.39, 0.29) is 0 Å². The highest BCUT2D eigenvalue weighted by Gasteiger charge is 2.17. The Balaban J connectivity index is 1.41. The molecule has 1 aromatic carbocycles. The number of hydrogen-bond acceptors (Lipinski definition) is 6. The highest BCUT2D eigenvalue weighted by Crippen LogP contribution is 2.22. The first-order valence-electron chi connectivity index (χ1n) is 11.0. The van der Waals surface area contributed by atoms with Gasteiger partial charge >= 0.3 is 0 Å². The van der Waals surface area contributed by atoms with Crippen LogP contribution in [0, 0.1) is 13.8 Å². The Morgan fingerprint density at radius 2 is 1.74 bits per heavy atom. The Bertz CT molecular complexity index is 992. The second-order valence-electron chi connectivity index (χ2n) is 8.85. The number of aromatic nitrogens is 2. The number of rotatable bonds is 7. The number of piperazine rings is 1. The predicted octanol–water partition coefficient (Wildman–Crippen LogP) is 3.73. The van der Waals surface area contributed by atoms with E-state index in [4.69, 9.17) is 4.52 Å². The minimum absolute atomic E-state index is 0.709. The monoisotopic (exact) mass is 419 g/mol. The van der Waals surface area contributed by atoms with Crippen LogP contribution >= 0.6 is 0 Å². The van der Waals surface area contributed by atoms with Gasteiger partial charge in [0.05, 0.1) is 12.2 Å². The summed E-state index contributed by atoms with van der Waals surface area (Å²) in [6, 6.07) is 12.5. The zero-order valence-electron chi connectivity index (χ0n) is 19.1. The summed E-state index contributed by atoms with van der Waals surface area (Å²) in [5.41, 5.74) is 7.19. The molecular weight excluding hydrogens is 386 g/mol. The molecule has 0 radical (unpaired) electrons. The van der Waals surface area contributed by atoms with Crippen LogP contribution in [0.2, 0.25) is 0 Å². The fourth-order valence-electron chi connectivity index (χ4n) is 4.22. The second kappa shape index (κ2) is 9.73. The smallest absolute Gasteiger partial charge is 0.151 e. The summed E-state index contributed by atoms with van der Waals surface area (Å²) >= 11 is 0. The van der Waals surface area contributed by atoms with Crippen molar-refractivity contribution < 1.29 is 4.52 Å². The molecule has 3 heterocycles. The topological polar surface area (TPSA) is 48.6 Å². The molecule has 2 aromatic heterocycles. The van der Waals surface area contributed by atoms with Gasteiger partial charge in [-0.2, -0.15) is 0 Å². The third-order valence-electron chi connectivity index (χ3n) is 6.11. The molecule has 0 N–H and O–H groups in total. The minimum Gasteiger partial charge on any atom is -0.359 e. The summed E-state index contributed by atoms with van der Waals surface area (Å²) in [6.45, 7) is 11.7. The second-order valence-corrected chi connectivity index (χ2v) is 8.85. The van der Waals surface area contributed by atoms with E-state index < -0.39 is 0 Å². The Labute approximate surface area is 185 Å². The van der Waals surface area contributed by atoms with Gasteiger partial charge in [0.2, 0.25) is 0 Å². The van der Waals surface area contributed by atoms with E-state index in [2.05, 4.69) is 64.9 Å². The molecule has 1 aliphatic heterocycles. The fourth-order valence-corrected chi connectivity index (χ4v) is 4.22. The molecule has 4 rings (SSSR count). The molecule has 1 fully saturated rings. The molecule has 164 valence electrons. The average Bonchev–Trinajstić information content (AvgIpc) is 3.22. The van der Waals surface area contributed by atoms with Gasteiger partial charge in [0.1, 0.15) is 5.69 Å². The van der Waals surface area contributed by atoms with Crippen LogP contribution in [0.3, 0.4) is 0 Å². The quantitative estimate of drug-likeness (QED) is 0.582. The van der Waals surface area contributed by atoms with Gasteiger partial charge in [-0.1, -0.05) is 28.9 Å². The van der Waals surface area contributed by atoms with Gasteiger partial charge in [-0.05, 0) is 56.8 Å². The Kier molecular flexibility index (Phi) is 6.80. The standard InChI is InChI=1S/C25H33N5O/c1-19-13-21(20(2)22(14-19)17-30-11-9-28(3)10-12-30)16-29(4)18-23-15-25(27-31-23)24-7-5-6-8-26-24/h5-8,13-15H,9-12,16-18H2,1-4H3. The van der Waals surface area contributed by atoms with Crippen LogP contribution in [0.5, 0.6) is 0 Å². The first kappa shape index (κ1) is 21.7. The number of aryl methyl sites for hydroxylation is 1.